The molecule has 0 aliphatic rings. The lowest BCUT2D eigenvalue weighted by atomic mass is 9.98. The number of hydrogen-bond acceptors (Lipinski definition) is 2. The van der Waals surface area contributed by atoms with Gasteiger partial charge in [0, 0.05) is 34.0 Å². The molecule has 2 nitrogen and oxygen atoms in total. The molecule has 0 radical (unpaired) electrons. The molecular formula is C60H44N2. The molecule has 0 saturated heterocycles. The Kier molecular flexibility index (Phi) is 10.8. The number of benzene rings is 10. The number of hydrogen-bond donors (Lipinski definition) is 0. The summed E-state index contributed by atoms with van der Waals surface area (Å²) in [6.45, 7) is 0. The summed E-state index contributed by atoms with van der Waals surface area (Å²) >= 11 is 0. The van der Waals surface area contributed by atoms with E-state index in [0.29, 0.717) is 0 Å². The van der Waals surface area contributed by atoms with Crippen molar-refractivity contribution in [1.29, 1.82) is 0 Å². The van der Waals surface area contributed by atoms with Crippen LogP contribution < -0.4 is 9.80 Å². The second-order valence-corrected chi connectivity index (χ2v) is 15.4. The molecule has 0 spiro atoms. The Balaban J connectivity index is 0.962. The van der Waals surface area contributed by atoms with E-state index in [1.54, 1.807) is 0 Å². The molecular weight excluding hydrogens is 749 g/mol. The standard InChI is InChI=1S/C60H44N2/c1-5-15-45(16-6-1)48-25-27-53(28-26-48)59-23-13-14-24-60(59)62(54-21-11-4-12-22-54)58-43-35-52(36-44-58)51-33-41-57(42-34-51)61(55-37-29-49(30-38-55)46-17-7-2-8-18-46)56-39-31-50(32-40-56)47-19-9-3-10-20-47/h1-44H. The molecule has 0 atom stereocenters. The first-order valence-electron chi connectivity index (χ1n) is 21.2. The maximum Gasteiger partial charge on any atom is 0.0540 e. The second-order valence-electron chi connectivity index (χ2n) is 15.4. The van der Waals surface area contributed by atoms with Gasteiger partial charge in [0.05, 0.1) is 5.69 Å². The molecule has 0 aromatic heterocycles. The van der Waals surface area contributed by atoms with E-state index in [1.165, 1.54) is 44.5 Å². The second kappa shape index (κ2) is 17.6. The van der Waals surface area contributed by atoms with Crippen molar-refractivity contribution in [3.05, 3.63) is 267 Å². The van der Waals surface area contributed by atoms with E-state index in [1.807, 2.05) is 0 Å². The normalized spacial score (nSPS) is 10.9. The van der Waals surface area contributed by atoms with Crippen molar-refractivity contribution in [2.24, 2.45) is 0 Å². The van der Waals surface area contributed by atoms with Crippen LogP contribution in [0.4, 0.5) is 34.1 Å². The van der Waals surface area contributed by atoms with E-state index in [4.69, 9.17) is 0 Å². The van der Waals surface area contributed by atoms with Crippen molar-refractivity contribution in [3.63, 3.8) is 0 Å². The molecule has 10 aromatic rings. The summed E-state index contributed by atoms with van der Waals surface area (Å²) in [4.78, 5) is 4.69. The van der Waals surface area contributed by atoms with E-state index in [0.717, 1.165) is 45.3 Å². The van der Waals surface area contributed by atoms with Crippen LogP contribution in [0.2, 0.25) is 0 Å². The number of anilines is 6. The fourth-order valence-corrected chi connectivity index (χ4v) is 8.31. The monoisotopic (exact) mass is 792 g/mol. The minimum absolute atomic E-state index is 1.09. The van der Waals surface area contributed by atoms with Crippen molar-refractivity contribution < 1.29 is 0 Å². The van der Waals surface area contributed by atoms with Crippen LogP contribution in [0.3, 0.4) is 0 Å². The summed E-state index contributed by atoms with van der Waals surface area (Å²) in [7, 11) is 0. The van der Waals surface area contributed by atoms with Crippen molar-refractivity contribution in [2.45, 2.75) is 0 Å². The summed E-state index contributed by atoms with van der Waals surface area (Å²) in [5.74, 6) is 0. The third kappa shape index (κ3) is 8.06. The van der Waals surface area contributed by atoms with E-state index < -0.39 is 0 Å². The van der Waals surface area contributed by atoms with Gasteiger partial charge in [0.25, 0.3) is 0 Å². The van der Waals surface area contributed by atoms with Gasteiger partial charge in [-0.25, -0.2) is 0 Å². The molecule has 0 heterocycles. The lowest BCUT2D eigenvalue weighted by Crippen LogP contribution is -2.11. The molecule has 0 aliphatic heterocycles. The summed E-state index contributed by atoms with van der Waals surface area (Å²) in [5.41, 5.74) is 18.5. The maximum absolute atomic E-state index is 2.36. The molecule has 0 N–H and O–H groups in total. The zero-order valence-electron chi connectivity index (χ0n) is 34.3. The fraction of sp³-hybridized carbons (Fsp3) is 0. The zero-order valence-corrected chi connectivity index (χ0v) is 34.3. The van der Waals surface area contributed by atoms with Crippen LogP contribution in [0.15, 0.2) is 267 Å². The number of nitrogens with zero attached hydrogens (tertiary/aromatic N) is 2. The van der Waals surface area contributed by atoms with Crippen LogP contribution >= 0.6 is 0 Å². The highest BCUT2D eigenvalue weighted by Crippen LogP contribution is 2.42. The topological polar surface area (TPSA) is 6.48 Å². The van der Waals surface area contributed by atoms with Crippen LogP contribution in [0, 0.1) is 0 Å². The first-order chi connectivity index (χ1) is 30.7. The van der Waals surface area contributed by atoms with Gasteiger partial charge in [-0.15, -0.1) is 0 Å². The van der Waals surface area contributed by atoms with E-state index in [9.17, 15) is 0 Å². The SMILES string of the molecule is c1ccc(-c2ccc(-c3ccccc3N(c3ccccc3)c3ccc(-c4ccc(N(c5ccc(-c6ccccc6)cc5)c5ccc(-c6ccccc6)cc5)cc4)cc3)cc2)cc1. The van der Waals surface area contributed by atoms with Gasteiger partial charge in [-0.1, -0.05) is 200 Å². The molecule has 0 amide bonds. The van der Waals surface area contributed by atoms with Crippen LogP contribution in [0.25, 0.3) is 55.6 Å². The first kappa shape index (κ1) is 38.0. The first-order valence-corrected chi connectivity index (χ1v) is 21.2. The maximum atomic E-state index is 2.36. The fourth-order valence-electron chi connectivity index (χ4n) is 8.31. The predicted octanol–water partition coefficient (Wildman–Crippen LogP) is 17.0. The average Bonchev–Trinajstić information content (AvgIpc) is 3.36. The molecule has 0 saturated carbocycles. The summed E-state index contributed by atoms with van der Waals surface area (Å²) in [6, 6.07) is 95.5. The highest BCUT2D eigenvalue weighted by Gasteiger charge is 2.18. The van der Waals surface area contributed by atoms with E-state index in [-0.39, 0.29) is 0 Å². The minimum atomic E-state index is 1.09. The molecule has 2 heteroatoms. The Hall–Kier alpha value is -8.20. The Bertz CT molecular complexity index is 2900. The summed E-state index contributed by atoms with van der Waals surface area (Å²) < 4.78 is 0. The van der Waals surface area contributed by atoms with Crippen LogP contribution in [-0.2, 0) is 0 Å². The van der Waals surface area contributed by atoms with Gasteiger partial charge >= 0.3 is 0 Å². The molecule has 62 heavy (non-hydrogen) atoms. The van der Waals surface area contributed by atoms with Gasteiger partial charge in [0.15, 0.2) is 0 Å². The minimum Gasteiger partial charge on any atom is -0.311 e. The largest absolute Gasteiger partial charge is 0.311 e. The summed E-state index contributed by atoms with van der Waals surface area (Å²) in [6.07, 6.45) is 0. The van der Waals surface area contributed by atoms with Crippen LogP contribution in [0.5, 0.6) is 0 Å². The number of para-hydroxylation sites is 2. The Morgan fingerprint density at radius 2 is 0.403 bits per heavy atom. The van der Waals surface area contributed by atoms with Gasteiger partial charge in [-0.3, -0.25) is 0 Å². The molecule has 10 rings (SSSR count). The van der Waals surface area contributed by atoms with Crippen LogP contribution in [-0.4, -0.2) is 0 Å². The van der Waals surface area contributed by atoms with Crippen molar-refractivity contribution in [2.75, 3.05) is 9.80 Å². The average molecular weight is 793 g/mol. The number of rotatable bonds is 11. The van der Waals surface area contributed by atoms with Gasteiger partial charge in [-0.2, -0.15) is 0 Å². The van der Waals surface area contributed by atoms with Gasteiger partial charge in [-0.05, 0) is 117 Å². The van der Waals surface area contributed by atoms with Crippen molar-refractivity contribution in [1.82, 2.24) is 0 Å². The highest BCUT2D eigenvalue weighted by atomic mass is 15.1. The van der Waals surface area contributed by atoms with Crippen molar-refractivity contribution >= 4 is 34.1 Å². The van der Waals surface area contributed by atoms with E-state index >= 15 is 0 Å². The van der Waals surface area contributed by atoms with Crippen LogP contribution in [0.1, 0.15) is 0 Å². The zero-order chi connectivity index (χ0) is 41.5. The molecule has 0 unspecified atom stereocenters. The lowest BCUT2D eigenvalue weighted by molar-refractivity contribution is 1.28. The van der Waals surface area contributed by atoms with Gasteiger partial charge < -0.3 is 9.80 Å². The third-order valence-electron chi connectivity index (χ3n) is 11.5. The third-order valence-corrected chi connectivity index (χ3v) is 11.5. The molecule has 0 bridgehead atoms. The van der Waals surface area contributed by atoms with Gasteiger partial charge in [0.1, 0.15) is 0 Å². The quantitative estimate of drug-likeness (QED) is 0.129. The summed E-state index contributed by atoms with van der Waals surface area (Å²) in [5, 5.41) is 0. The smallest absolute Gasteiger partial charge is 0.0540 e. The highest BCUT2D eigenvalue weighted by molar-refractivity contribution is 5.89. The van der Waals surface area contributed by atoms with Crippen molar-refractivity contribution in [3.8, 4) is 55.6 Å². The predicted molar refractivity (Wildman–Crippen MR) is 263 cm³/mol. The molecule has 294 valence electrons. The van der Waals surface area contributed by atoms with E-state index in [2.05, 4.69) is 277 Å². The Morgan fingerprint density at radius 3 is 0.774 bits per heavy atom. The Morgan fingerprint density at radius 1 is 0.161 bits per heavy atom. The van der Waals surface area contributed by atoms with Gasteiger partial charge in [0.2, 0.25) is 0 Å². The molecule has 0 aliphatic carbocycles. The molecule has 0 fully saturated rings. The Labute approximate surface area is 364 Å². The molecule has 10 aromatic carbocycles. The lowest BCUT2D eigenvalue weighted by Gasteiger charge is -2.28.